The number of ketones is 1. The minimum atomic E-state index is -0.485. The average molecular weight is 365 g/mol. The Kier molecular flexibility index (Phi) is 5.61. The number of amides is 1. The fourth-order valence-corrected chi connectivity index (χ4v) is 3.06. The summed E-state index contributed by atoms with van der Waals surface area (Å²) in [5.74, 6) is -0.195. The second kappa shape index (κ2) is 8.27. The zero-order chi connectivity index (χ0) is 19.2. The molecule has 2 N–H and O–H groups in total. The van der Waals surface area contributed by atoms with Crippen molar-refractivity contribution in [3.8, 4) is 0 Å². The molecule has 0 saturated heterocycles. The van der Waals surface area contributed by atoms with Crippen molar-refractivity contribution in [3.05, 3.63) is 87.6 Å². The molecule has 1 atom stereocenters. The summed E-state index contributed by atoms with van der Waals surface area (Å²) in [6.45, 7) is 0. The number of hydrazine groups is 1. The van der Waals surface area contributed by atoms with Gasteiger partial charge in [-0.05, 0) is 23.5 Å². The van der Waals surface area contributed by atoms with Gasteiger partial charge in [-0.3, -0.25) is 25.1 Å². The van der Waals surface area contributed by atoms with Gasteiger partial charge in [0, 0.05) is 30.3 Å². The van der Waals surface area contributed by atoms with Crippen LogP contribution < -0.4 is 10.9 Å². The van der Waals surface area contributed by atoms with Crippen molar-refractivity contribution in [1.82, 2.24) is 10.9 Å². The highest BCUT2D eigenvalue weighted by Crippen LogP contribution is 2.29. The van der Waals surface area contributed by atoms with Crippen molar-refractivity contribution in [3.63, 3.8) is 0 Å². The third-order valence-corrected chi connectivity index (χ3v) is 4.39. The van der Waals surface area contributed by atoms with E-state index >= 15 is 0 Å². The van der Waals surface area contributed by atoms with E-state index in [4.69, 9.17) is 0 Å². The number of carbonyl (C=O) groups is 2. The van der Waals surface area contributed by atoms with E-state index in [9.17, 15) is 19.7 Å². The van der Waals surface area contributed by atoms with Crippen LogP contribution in [0, 0.1) is 10.1 Å². The highest BCUT2D eigenvalue weighted by Gasteiger charge is 2.22. The van der Waals surface area contributed by atoms with Gasteiger partial charge in [0.2, 0.25) is 5.91 Å². The maximum atomic E-state index is 12.1. The summed E-state index contributed by atoms with van der Waals surface area (Å²) in [5.41, 5.74) is 7.82. The molecule has 7 nitrogen and oxygen atoms in total. The molecule has 2 aromatic carbocycles. The number of nitro groups is 1. The zero-order valence-electron chi connectivity index (χ0n) is 14.6. The Morgan fingerprint density at radius 1 is 1.07 bits per heavy atom. The lowest BCUT2D eigenvalue weighted by Gasteiger charge is -2.23. The molecule has 1 aliphatic carbocycles. The van der Waals surface area contributed by atoms with Crippen LogP contribution >= 0.6 is 0 Å². The molecule has 0 heterocycles. The number of nitro benzene ring substituents is 1. The first-order chi connectivity index (χ1) is 13.0. The quantitative estimate of drug-likeness (QED) is 0.605. The van der Waals surface area contributed by atoms with E-state index in [2.05, 4.69) is 10.9 Å². The average Bonchev–Trinajstić information content (AvgIpc) is 2.67. The van der Waals surface area contributed by atoms with Gasteiger partial charge in [0.1, 0.15) is 0 Å². The van der Waals surface area contributed by atoms with Crippen LogP contribution in [0.25, 0.3) is 0 Å². The molecule has 7 heteroatoms. The fourth-order valence-electron chi connectivity index (χ4n) is 3.06. The molecule has 0 aliphatic heterocycles. The molecule has 0 unspecified atom stereocenters. The van der Waals surface area contributed by atoms with Crippen LogP contribution in [0.2, 0.25) is 0 Å². The number of nitrogens with zero attached hydrogens (tertiary/aromatic N) is 1. The molecule has 0 fully saturated rings. The number of carbonyl (C=O) groups excluding carboxylic acids is 2. The van der Waals surface area contributed by atoms with Crippen molar-refractivity contribution in [2.24, 2.45) is 0 Å². The van der Waals surface area contributed by atoms with E-state index in [-0.39, 0.29) is 29.7 Å². The smallest absolute Gasteiger partial charge is 0.269 e. The third kappa shape index (κ3) is 5.01. The van der Waals surface area contributed by atoms with Crippen LogP contribution in [0.5, 0.6) is 0 Å². The number of nitrogens with one attached hydrogen (secondary N) is 2. The minimum absolute atomic E-state index is 0.0159. The van der Waals surface area contributed by atoms with Crippen molar-refractivity contribution >= 4 is 17.4 Å². The van der Waals surface area contributed by atoms with Gasteiger partial charge in [0.15, 0.2) is 5.78 Å². The van der Waals surface area contributed by atoms with Gasteiger partial charge in [0.25, 0.3) is 5.69 Å². The van der Waals surface area contributed by atoms with Crippen LogP contribution in [-0.2, 0) is 16.0 Å². The number of allylic oxidation sites excluding steroid dienone is 2. The molecule has 138 valence electrons. The van der Waals surface area contributed by atoms with Gasteiger partial charge < -0.3 is 5.43 Å². The first-order valence-corrected chi connectivity index (χ1v) is 8.58. The van der Waals surface area contributed by atoms with Crippen LogP contribution in [0.15, 0.2) is 66.4 Å². The van der Waals surface area contributed by atoms with Crippen molar-refractivity contribution in [2.45, 2.75) is 25.2 Å². The molecule has 0 spiro atoms. The Morgan fingerprint density at radius 3 is 2.44 bits per heavy atom. The SMILES string of the molecule is O=C1C=C(NNC(=O)Cc2ccc([N+](=O)[O-])cc2)C[C@@H](c2ccccc2)C1. The van der Waals surface area contributed by atoms with E-state index < -0.39 is 4.92 Å². The second-order valence-corrected chi connectivity index (χ2v) is 6.43. The summed E-state index contributed by atoms with van der Waals surface area (Å²) >= 11 is 0. The lowest BCUT2D eigenvalue weighted by molar-refractivity contribution is -0.384. The minimum Gasteiger partial charge on any atom is -0.303 e. The van der Waals surface area contributed by atoms with Crippen LogP contribution in [-0.4, -0.2) is 16.6 Å². The second-order valence-electron chi connectivity index (χ2n) is 6.43. The Balaban J connectivity index is 1.55. The monoisotopic (exact) mass is 365 g/mol. The molecule has 1 amide bonds. The van der Waals surface area contributed by atoms with E-state index in [1.165, 1.54) is 18.2 Å². The number of non-ortho nitro benzene ring substituents is 1. The Hall–Kier alpha value is -3.48. The van der Waals surface area contributed by atoms with E-state index in [0.29, 0.717) is 24.1 Å². The third-order valence-electron chi connectivity index (χ3n) is 4.39. The summed E-state index contributed by atoms with van der Waals surface area (Å²) in [5, 5.41) is 10.7. The molecule has 1 aliphatic rings. The normalized spacial score (nSPS) is 16.4. The molecular weight excluding hydrogens is 346 g/mol. The topological polar surface area (TPSA) is 101 Å². The van der Waals surface area contributed by atoms with E-state index in [1.54, 1.807) is 12.1 Å². The maximum Gasteiger partial charge on any atom is 0.269 e. The first-order valence-electron chi connectivity index (χ1n) is 8.58. The molecule has 0 aromatic heterocycles. The zero-order valence-corrected chi connectivity index (χ0v) is 14.6. The predicted molar refractivity (Wildman–Crippen MR) is 99.6 cm³/mol. The molecule has 0 bridgehead atoms. The number of hydrogen-bond donors (Lipinski definition) is 2. The highest BCUT2D eigenvalue weighted by atomic mass is 16.6. The Labute approximate surface area is 156 Å². The number of rotatable bonds is 6. The molecule has 0 radical (unpaired) electrons. The van der Waals surface area contributed by atoms with Crippen LogP contribution in [0.4, 0.5) is 5.69 Å². The van der Waals surface area contributed by atoms with Crippen molar-refractivity contribution in [1.29, 1.82) is 0 Å². The molecule has 27 heavy (non-hydrogen) atoms. The van der Waals surface area contributed by atoms with Crippen molar-refractivity contribution < 1.29 is 14.5 Å². The highest BCUT2D eigenvalue weighted by molar-refractivity contribution is 5.92. The lowest BCUT2D eigenvalue weighted by atomic mass is 9.86. The number of benzene rings is 2. The summed E-state index contributed by atoms with van der Waals surface area (Å²) in [7, 11) is 0. The van der Waals surface area contributed by atoms with Crippen molar-refractivity contribution in [2.75, 3.05) is 0 Å². The van der Waals surface area contributed by atoms with Gasteiger partial charge >= 0.3 is 0 Å². The fraction of sp³-hybridized carbons (Fsp3) is 0.200. The first kappa shape index (κ1) is 18.3. The maximum absolute atomic E-state index is 12.1. The molecule has 3 rings (SSSR count). The van der Waals surface area contributed by atoms with Gasteiger partial charge in [-0.2, -0.15) is 0 Å². The van der Waals surface area contributed by atoms with Gasteiger partial charge in [0.05, 0.1) is 11.3 Å². The number of hydrogen-bond acceptors (Lipinski definition) is 5. The molecule has 2 aromatic rings. The standard InChI is InChI=1S/C20H19N3O4/c24-19-12-16(15-4-2-1-3-5-15)11-17(13-19)21-22-20(25)10-14-6-8-18(9-7-14)23(26)27/h1-9,13,16,21H,10-12H2,(H,22,25)/t16-/m1/s1. The lowest BCUT2D eigenvalue weighted by Crippen LogP contribution is -2.39. The Bertz CT molecular complexity index is 876. The summed E-state index contributed by atoms with van der Waals surface area (Å²) in [6, 6.07) is 15.6. The summed E-state index contributed by atoms with van der Waals surface area (Å²) < 4.78 is 0. The van der Waals surface area contributed by atoms with E-state index in [1.807, 2.05) is 30.3 Å². The summed E-state index contributed by atoms with van der Waals surface area (Å²) in [4.78, 5) is 34.2. The Morgan fingerprint density at radius 2 is 1.78 bits per heavy atom. The van der Waals surface area contributed by atoms with Gasteiger partial charge in [-0.15, -0.1) is 0 Å². The molecule has 0 saturated carbocycles. The van der Waals surface area contributed by atoms with Crippen LogP contribution in [0.1, 0.15) is 29.9 Å². The molecular formula is C20H19N3O4. The van der Waals surface area contributed by atoms with Gasteiger partial charge in [-0.25, -0.2) is 0 Å². The summed E-state index contributed by atoms with van der Waals surface area (Å²) in [6.07, 6.45) is 2.68. The largest absolute Gasteiger partial charge is 0.303 e. The van der Waals surface area contributed by atoms with Gasteiger partial charge in [-0.1, -0.05) is 42.5 Å². The predicted octanol–water partition coefficient (Wildman–Crippen LogP) is 2.79. The van der Waals surface area contributed by atoms with Crippen LogP contribution in [0.3, 0.4) is 0 Å². The van der Waals surface area contributed by atoms with E-state index in [0.717, 1.165) is 5.56 Å².